The molecule has 0 bridgehead atoms. The molecule has 1 aromatic rings. The number of hydrogen-bond donors (Lipinski definition) is 1. The van der Waals surface area contributed by atoms with Crippen molar-refractivity contribution in [3.05, 3.63) is 29.8 Å². The Morgan fingerprint density at radius 1 is 1.26 bits per heavy atom. The molecular weight excluding hydrogens is 256 g/mol. The summed E-state index contributed by atoms with van der Waals surface area (Å²) in [5.41, 5.74) is 1.30. The third-order valence-electron chi connectivity index (χ3n) is 2.69. The van der Waals surface area contributed by atoms with E-state index in [4.69, 9.17) is 10.00 Å². The van der Waals surface area contributed by atoms with E-state index in [1.807, 2.05) is 11.8 Å². The van der Waals surface area contributed by atoms with E-state index < -0.39 is 0 Å². The molecule has 0 aliphatic heterocycles. The first kappa shape index (κ1) is 16.0. The van der Waals surface area contributed by atoms with Crippen molar-refractivity contribution in [2.45, 2.75) is 30.7 Å². The van der Waals surface area contributed by atoms with Gasteiger partial charge in [0.15, 0.2) is 0 Å². The van der Waals surface area contributed by atoms with Crippen molar-refractivity contribution >= 4 is 11.8 Å². The number of benzene rings is 1. The van der Waals surface area contributed by atoms with Gasteiger partial charge in [0.05, 0.1) is 12.7 Å². The molecule has 0 unspecified atom stereocenters. The van der Waals surface area contributed by atoms with Crippen LogP contribution in [0.15, 0.2) is 29.2 Å². The second kappa shape index (κ2) is 10.9. The fourth-order valence-electron chi connectivity index (χ4n) is 1.61. The number of ether oxygens (including phenoxy) is 1. The summed E-state index contributed by atoms with van der Waals surface area (Å²) in [6.45, 7) is 2.51. The maximum Gasteiger partial charge on any atom is 0.0621 e. The third kappa shape index (κ3) is 7.89. The van der Waals surface area contributed by atoms with Crippen LogP contribution in [0.5, 0.6) is 0 Å². The summed E-state index contributed by atoms with van der Waals surface area (Å²) in [5.74, 6) is 1.09. The van der Waals surface area contributed by atoms with Gasteiger partial charge in [-0.25, -0.2) is 0 Å². The highest BCUT2D eigenvalue weighted by Gasteiger charge is 1.96. The smallest absolute Gasteiger partial charge is 0.0621 e. The quantitative estimate of drug-likeness (QED) is 0.527. The molecule has 0 aliphatic carbocycles. The average Bonchev–Trinajstić information content (AvgIpc) is 2.45. The first-order chi connectivity index (χ1) is 9.36. The number of thioether (sulfide) groups is 1. The van der Waals surface area contributed by atoms with Gasteiger partial charge < -0.3 is 10.1 Å². The highest BCUT2D eigenvalue weighted by molar-refractivity contribution is 7.99. The zero-order valence-corrected chi connectivity index (χ0v) is 12.3. The molecule has 4 heteroatoms. The number of nitrogens with one attached hydrogen (secondary N) is 1. The highest BCUT2D eigenvalue weighted by atomic mass is 32.2. The standard InChI is InChI=1S/C15H22N2OS/c1-18-11-10-17-13-14-5-7-15(8-6-14)19-12-4-2-3-9-16/h5-8,17H,2-4,10-13H2,1H3. The summed E-state index contributed by atoms with van der Waals surface area (Å²) in [5, 5.41) is 11.8. The SMILES string of the molecule is COCCNCc1ccc(SCCCCC#N)cc1. The largest absolute Gasteiger partial charge is 0.383 e. The molecule has 0 saturated heterocycles. The van der Waals surface area contributed by atoms with Gasteiger partial charge in [0.2, 0.25) is 0 Å². The summed E-state index contributed by atoms with van der Waals surface area (Å²) in [6, 6.07) is 10.8. The molecular formula is C15H22N2OS. The number of hydrogen-bond acceptors (Lipinski definition) is 4. The molecule has 0 amide bonds. The Hall–Kier alpha value is -1.02. The van der Waals surface area contributed by atoms with E-state index in [-0.39, 0.29) is 0 Å². The molecule has 0 radical (unpaired) electrons. The zero-order chi connectivity index (χ0) is 13.8. The molecule has 0 saturated carbocycles. The Labute approximate surface area is 120 Å². The van der Waals surface area contributed by atoms with Crippen LogP contribution in [-0.4, -0.2) is 26.0 Å². The highest BCUT2D eigenvalue weighted by Crippen LogP contribution is 2.20. The van der Waals surface area contributed by atoms with Crippen LogP contribution in [0, 0.1) is 11.3 Å². The van der Waals surface area contributed by atoms with Gasteiger partial charge in [-0.15, -0.1) is 11.8 Å². The first-order valence-corrected chi connectivity index (χ1v) is 7.63. The zero-order valence-electron chi connectivity index (χ0n) is 11.5. The van der Waals surface area contributed by atoms with Crippen LogP contribution in [0.3, 0.4) is 0 Å². The maximum atomic E-state index is 8.45. The van der Waals surface area contributed by atoms with Gasteiger partial charge in [-0.1, -0.05) is 12.1 Å². The van der Waals surface area contributed by atoms with Crippen molar-refractivity contribution in [3.63, 3.8) is 0 Å². The van der Waals surface area contributed by atoms with E-state index >= 15 is 0 Å². The predicted molar refractivity (Wildman–Crippen MR) is 80.2 cm³/mol. The minimum absolute atomic E-state index is 0.673. The monoisotopic (exact) mass is 278 g/mol. The molecule has 0 spiro atoms. The van der Waals surface area contributed by atoms with Crippen LogP contribution in [0.1, 0.15) is 24.8 Å². The third-order valence-corrected chi connectivity index (χ3v) is 3.79. The van der Waals surface area contributed by atoms with Crippen molar-refractivity contribution in [2.24, 2.45) is 0 Å². The summed E-state index contributed by atoms with van der Waals surface area (Å²) >= 11 is 1.86. The molecule has 0 atom stereocenters. The van der Waals surface area contributed by atoms with E-state index in [1.54, 1.807) is 7.11 Å². The summed E-state index contributed by atoms with van der Waals surface area (Å²) in [7, 11) is 1.71. The molecule has 1 N–H and O–H groups in total. The Balaban J connectivity index is 2.18. The lowest BCUT2D eigenvalue weighted by Crippen LogP contribution is -2.18. The van der Waals surface area contributed by atoms with Gasteiger partial charge in [-0.05, 0) is 36.3 Å². The molecule has 0 aliphatic rings. The van der Waals surface area contributed by atoms with Crippen LogP contribution in [0.2, 0.25) is 0 Å². The van der Waals surface area contributed by atoms with Crippen molar-refractivity contribution in [3.8, 4) is 6.07 Å². The van der Waals surface area contributed by atoms with Gasteiger partial charge in [-0.2, -0.15) is 5.26 Å². The molecule has 3 nitrogen and oxygen atoms in total. The van der Waals surface area contributed by atoms with E-state index in [0.717, 1.165) is 38.3 Å². The van der Waals surface area contributed by atoms with Crippen LogP contribution in [0.4, 0.5) is 0 Å². The fraction of sp³-hybridized carbons (Fsp3) is 0.533. The predicted octanol–water partition coefficient (Wildman–Crippen LogP) is 3.21. The Kier molecular flexibility index (Phi) is 9.17. The minimum atomic E-state index is 0.673. The molecule has 0 aromatic heterocycles. The van der Waals surface area contributed by atoms with Crippen molar-refractivity contribution in [1.29, 1.82) is 5.26 Å². The van der Waals surface area contributed by atoms with Crippen molar-refractivity contribution in [2.75, 3.05) is 26.0 Å². The van der Waals surface area contributed by atoms with Gasteiger partial charge in [0.1, 0.15) is 0 Å². The summed E-state index contributed by atoms with van der Waals surface area (Å²) in [4.78, 5) is 1.30. The Morgan fingerprint density at radius 3 is 2.74 bits per heavy atom. The van der Waals surface area contributed by atoms with E-state index in [0.29, 0.717) is 6.42 Å². The van der Waals surface area contributed by atoms with Crippen molar-refractivity contribution < 1.29 is 4.74 Å². The van der Waals surface area contributed by atoms with Gasteiger partial charge in [0, 0.05) is 31.5 Å². The maximum absolute atomic E-state index is 8.45. The second-order valence-electron chi connectivity index (χ2n) is 4.28. The second-order valence-corrected chi connectivity index (χ2v) is 5.45. The molecule has 19 heavy (non-hydrogen) atoms. The average molecular weight is 278 g/mol. The number of rotatable bonds is 10. The molecule has 0 fully saturated rings. The van der Waals surface area contributed by atoms with E-state index in [1.165, 1.54) is 10.5 Å². The molecule has 0 heterocycles. The lowest BCUT2D eigenvalue weighted by atomic mass is 10.2. The lowest BCUT2D eigenvalue weighted by Gasteiger charge is -2.05. The van der Waals surface area contributed by atoms with Crippen molar-refractivity contribution in [1.82, 2.24) is 5.32 Å². The molecule has 104 valence electrons. The number of unbranched alkanes of at least 4 members (excludes halogenated alkanes) is 2. The number of nitriles is 1. The van der Waals surface area contributed by atoms with Gasteiger partial charge >= 0.3 is 0 Å². The van der Waals surface area contributed by atoms with Gasteiger partial charge in [0.25, 0.3) is 0 Å². The number of methoxy groups -OCH3 is 1. The lowest BCUT2D eigenvalue weighted by molar-refractivity contribution is 0.199. The fourth-order valence-corrected chi connectivity index (χ4v) is 2.52. The van der Waals surface area contributed by atoms with E-state index in [2.05, 4.69) is 35.7 Å². The van der Waals surface area contributed by atoms with Crippen LogP contribution in [0.25, 0.3) is 0 Å². The Morgan fingerprint density at radius 2 is 2.05 bits per heavy atom. The topological polar surface area (TPSA) is 45.0 Å². The van der Waals surface area contributed by atoms with E-state index in [9.17, 15) is 0 Å². The summed E-state index contributed by atoms with van der Waals surface area (Å²) < 4.78 is 4.99. The van der Waals surface area contributed by atoms with Gasteiger partial charge in [-0.3, -0.25) is 0 Å². The minimum Gasteiger partial charge on any atom is -0.383 e. The Bertz CT molecular complexity index is 373. The van der Waals surface area contributed by atoms with Crippen LogP contribution >= 0.6 is 11.8 Å². The van der Waals surface area contributed by atoms with Crippen LogP contribution < -0.4 is 5.32 Å². The molecule has 1 rings (SSSR count). The number of nitrogens with zero attached hydrogens (tertiary/aromatic N) is 1. The normalized spacial score (nSPS) is 10.3. The molecule has 1 aromatic carbocycles. The first-order valence-electron chi connectivity index (χ1n) is 6.65. The van der Waals surface area contributed by atoms with Crippen LogP contribution in [-0.2, 0) is 11.3 Å². The summed E-state index contributed by atoms with van der Waals surface area (Å²) in [6.07, 6.45) is 2.79.